The maximum atomic E-state index is 10.4. The van der Waals surface area contributed by atoms with Gasteiger partial charge in [0.05, 0.1) is 17.5 Å². The lowest BCUT2D eigenvalue weighted by molar-refractivity contribution is 0.358. The van der Waals surface area contributed by atoms with Crippen LogP contribution in [0.4, 0.5) is 0 Å². The molecule has 2 heterocycles. The zero-order valence-corrected chi connectivity index (χ0v) is 15.4. The normalized spacial score (nSPS) is 14.4. The van der Waals surface area contributed by atoms with Gasteiger partial charge < -0.3 is 15.3 Å². The standard InChI is InChI=1S/C20H16N4O3S/c21-19-18(20-23-14(11-28-20)13-4-2-1-3-5-13)17(27)10-24(19)22-9-12-6-7-15(25)16(26)8-12/h1-9,11,21,25-27H,10H2. The zero-order chi connectivity index (χ0) is 19.7. The Morgan fingerprint density at radius 1 is 1.07 bits per heavy atom. The van der Waals surface area contributed by atoms with Crippen molar-refractivity contribution in [1.82, 2.24) is 9.99 Å². The van der Waals surface area contributed by atoms with Gasteiger partial charge in [-0.25, -0.2) is 9.99 Å². The minimum Gasteiger partial charge on any atom is -0.509 e. The van der Waals surface area contributed by atoms with Crippen LogP contribution in [0.2, 0.25) is 0 Å². The van der Waals surface area contributed by atoms with Crippen molar-refractivity contribution in [3.8, 4) is 22.8 Å². The van der Waals surface area contributed by atoms with Crippen LogP contribution in [-0.2, 0) is 0 Å². The Morgan fingerprint density at radius 2 is 1.86 bits per heavy atom. The van der Waals surface area contributed by atoms with Crippen molar-refractivity contribution < 1.29 is 15.3 Å². The van der Waals surface area contributed by atoms with Crippen LogP contribution < -0.4 is 0 Å². The minimum atomic E-state index is -0.252. The number of aliphatic hydroxyl groups is 1. The molecule has 0 saturated heterocycles. The van der Waals surface area contributed by atoms with E-state index in [2.05, 4.69) is 10.1 Å². The number of rotatable bonds is 4. The minimum absolute atomic E-state index is 0.0321. The van der Waals surface area contributed by atoms with E-state index in [0.29, 0.717) is 16.1 Å². The molecule has 140 valence electrons. The van der Waals surface area contributed by atoms with Crippen molar-refractivity contribution in [2.45, 2.75) is 0 Å². The number of hydrazone groups is 1. The Balaban J connectivity index is 1.55. The molecule has 0 fully saturated rings. The van der Waals surface area contributed by atoms with E-state index in [1.165, 1.54) is 34.7 Å². The maximum Gasteiger partial charge on any atom is 0.158 e. The van der Waals surface area contributed by atoms with Crippen molar-refractivity contribution >= 4 is 29.0 Å². The fraction of sp³-hybridized carbons (Fsp3) is 0.0500. The Hall–Kier alpha value is -3.65. The SMILES string of the molecule is N=C1C(c2nc(-c3ccccc3)cs2)=C(O)CN1N=Cc1ccc(O)c(O)c1. The van der Waals surface area contributed by atoms with E-state index in [9.17, 15) is 15.3 Å². The highest BCUT2D eigenvalue weighted by molar-refractivity contribution is 7.11. The van der Waals surface area contributed by atoms with Crippen molar-refractivity contribution in [3.05, 3.63) is 70.2 Å². The molecule has 3 aromatic rings. The smallest absolute Gasteiger partial charge is 0.158 e. The second-order valence-electron chi connectivity index (χ2n) is 6.12. The molecule has 0 radical (unpaired) electrons. The van der Waals surface area contributed by atoms with Gasteiger partial charge in [0.2, 0.25) is 0 Å². The third kappa shape index (κ3) is 3.33. The molecule has 0 unspecified atom stereocenters. The molecule has 8 heteroatoms. The van der Waals surface area contributed by atoms with Gasteiger partial charge >= 0.3 is 0 Å². The predicted octanol–water partition coefficient (Wildman–Crippen LogP) is 3.82. The number of thiazole rings is 1. The third-order valence-electron chi connectivity index (χ3n) is 4.22. The molecular weight excluding hydrogens is 376 g/mol. The molecule has 0 aliphatic carbocycles. The van der Waals surface area contributed by atoms with Gasteiger partial charge in [0.15, 0.2) is 17.3 Å². The van der Waals surface area contributed by atoms with Crippen LogP contribution >= 0.6 is 11.3 Å². The highest BCUT2D eigenvalue weighted by atomic mass is 32.1. The van der Waals surface area contributed by atoms with Gasteiger partial charge in [0, 0.05) is 10.9 Å². The molecule has 0 amide bonds. The van der Waals surface area contributed by atoms with Gasteiger partial charge in [-0.3, -0.25) is 5.41 Å². The van der Waals surface area contributed by atoms with Crippen molar-refractivity contribution in [3.63, 3.8) is 0 Å². The fourth-order valence-electron chi connectivity index (χ4n) is 2.78. The average molecular weight is 392 g/mol. The second kappa shape index (κ2) is 7.16. The average Bonchev–Trinajstić information content (AvgIpc) is 3.28. The maximum absolute atomic E-state index is 10.4. The number of hydrogen-bond donors (Lipinski definition) is 4. The van der Waals surface area contributed by atoms with Crippen molar-refractivity contribution in [2.24, 2.45) is 5.10 Å². The van der Waals surface area contributed by atoms with Crippen LogP contribution in [0, 0.1) is 5.41 Å². The van der Waals surface area contributed by atoms with Gasteiger partial charge in [-0.2, -0.15) is 5.10 Å². The molecule has 4 N–H and O–H groups in total. The molecule has 0 spiro atoms. The van der Waals surface area contributed by atoms with Gasteiger partial charge in [-0.15, -0.1) is 11.3 Å². The van der Waals surface area contributed by atoms with E-state index in [-0.39, 0.29) is 29.6 Å². The van der Waals surface area contributed by atoms with Crippen molar-refractivity contribution in [1.29, 1.82) is 5.41 Å². The fourth-order valence-corrected chi connectivity index (χ4v) is 3.67. The van der Waals surface area contributed by atoms with E-state index < -0.39 is 0 Å². The Labute approximate surface area is 164 Å². The summed E-state index contributed by atoms with van der Waals surface area (Å²) in [5.41, 5.74) is 2.67. The highest BCUT2D eigenvalue weighted by Crippen LogP contribution is 2.32. The van der Waals surface area contributed by atoms with E-state index in [4.69, 9.17) is 5.41 Å². The number of hydrogen-bond acceptors (Lipinski definition) is 7. The largest absolute Gasteiger partial charge is 0.509 e. The molecule has 28 heavy (non-hydrogen) atoms. The number of aromatic nitrogens is 1. The summed E-state index contributed by atoms with van der Waals surface area (Å²) in [6, 6.07) is 14.0. The first kappa shape index (κ1) is 17.7. The Morgan fingerprint density at radius 3 is 2.61 bits per heavy atom. The molecule has 0 bridgehead atoms. The van der Waals surface area contributed by atoms with Crippen LogP contribution in [0.3, 0.4) is 0 Å². The first-order valence-electron chi connectivity index (χ1n) is 8.39. The van der Waals surface area contributed by atoms with E-state index in [0.717, 1.165) is 11.3 Å². The van der Waals surface area contributed by atoms with Gasteiger partial charge in [0.25, 0.3) is 0 Å². The molecular formula is C20H16N4O3S. The highest BCUT2D eigenvalue weighted by Gasteiger charge is 2.30. The number of aliphatic hydroxyl groups excluding tert-OH is 1. The Bertz CT molecular complexity index is 1110. The van der Waals surface area contributed by atoms with Gasteiger partial charge in [0.1, 0.15) is 17.3 Å². The van der Waals surface area contributed by atoms with Crippen molar-refractivity contribution in [2.75, 3.05) is 6.54 Å². The Kier molecular flexibility index (Phi) is 4.54. The summed E-state index contributed by atoms with van der Waals surface area (Å²) in [4.78, 5) is 4.56. The molecule has 2 aromatic carbocycles. The summed E-state index contributed by atoms with van der Waals surface area (Å²) in [5.74, 6) is -0.389. The number of nitrogens with one attached hydrogen (secondary N) is 1. The first-order valence-corrected chi connectivity index (χ1v) is 9.27. The van der Waals surface area contributed by atoms with Crippen LogP contribution in [0.15, 0.2) is 64.8 Å². The number of benzene rings is 2. The molecule has 0 saturated carbocycles. The molecule has 1 aliphatic rings. The summed E-state index contributed by atoms with van der Waals surface area (Å²) >= 11 is 1.36. The topological polar surface area (TPSA) is 113 Å². The van der Waals surface area contributed by atoms with E-state index in [1.807, 2.05) is 35.7 Å². The van der Waals surface area contributed by atoms with Gasteiger partial charge in [-0.1, -0.05) is 30.3 Å². The summed E-state index contributed by atoms with van der Waals surface area (Å²) in [6.07, 6.45) is 1.45. The number of amidine groups is 1. The molecule has 0 atom stereocenters. The number of nitrogens with zero attached hydrogens (tertiary/aromatic N) is 3. The van der Waals surface area contributed by atoms with E-state index in [1.54, 1.807) is 6.07 Å². The monoisotopic (exact) mass is 392 g/mol. The quantitative estimate of drug-likeness (QED) is 0.398. The molecule has 1 aromatic heterocycles. The number of aromatic hydroxyl groups is 2. The second-order valence-corrected chi connectivity index (χ2v) is 6.98. The number of phenolic OH excluding ortho intramolecular Hbond substituents is 2. The van der Waals surface area contributed by atoms with Crippen LogP contribution in [0.25, 0.3) is 16.8 Å². The predicted molar refractivity (Wildman–Crippen MR) is 109 cm³/mol. The lowest BCUT2D eigenvalue weighted by Crippen LogP contribution is -2.20. The summed E-state index contributed by atoms with van der Waals surface area (Å²) < 4.78 is 0. The lowest BCUT2D eigenvalue weighted by Gasteiger charge is -2.11. The summed E-state index contributed by atoms with van der Waals surface area (Å²) in [5, 5.41) is 45.6. The van der Waals surface area contributed by atoms with Crippen LogP contribution in [0.1, 0.15) is 10.6 Å². The summed E-state index contributed by atoms with van der Waals surface area (Å²) in [7, 11) is 0. The van der Waals surface area contributed by atoms with Gasteiger partial charge in [-0.05, 0) is 23.8 Å². The molecule has 1 aliphatic heterocycles. The third-order valence-corrected chi connectivity index (χ3v) is 5.08. The molecule has 7 nitrogen and oxygen atoms in total. The first-order chi connectivity index (χ1) is 13.5. The lowest BCUT2D eigenvalue weighted by atomic mass is 10.2. The number of phenols is 2. The zero-order valence-electron chi connectivity index (χ0n) is 14.6. The molecule has 4 rings (SSSR count). The summed E-state index contributed by atoms with van der Waals surface area (Å²) in [6.45, 7) is 0.0645. The van der Waals surface area contributed by atoms with Crippen LogP contribution in [0.5, 0.6) is 11.5 Å². The van der Waals surface area contributed by atoms with E-state index >= 15 is 0 Å². The van der Waals surface area contributed by atoms with Crippen LogP contribution in [-0.4, -0.2) is 43.9 Å².